The van der Waals surface area contributed by atoms with E-state index in [2.05, 4.69) is 74.7 Å². The fourth-order valence-electron chi connectivity index (χ4n) is 9.44. The van der Waals surface area contributed by atoms with Gasteiger partial charge in [0, 0.05) is 6.42 Å². The molecule has 8 unspecified atom stereocenters. The van der Waals surface area contributed by atoms with E-state index in [4.69, 9.17) is 14.2 Å². The summed E-state index contributed by atoms with van der Waals surface area (Å²) in [6.45, 7) is 5.73. The Morgan fingerprint density at radius 1 is 0.533 bits per heavy atom. The zero-order chi connectivity index (χ0) is 54.7. The van der Waals surface area contributed by atoms with Gasteiger partial charge in [-0.1, -0.05) is 242 Å². The van der Waals surface area contributed by atoms with Crippen LogP contribution < -0.4 is 5.32 Å². The number of ether oxygens (including phenoxy) is 3. The molecule has 1 saturated heterocycles. The van der Waals surface area contributed by atoms with Gasteiger partial charge >= 0.3 is 5.97 Å². The Morgan fingerprint density at radius 2 is 0.960 bits per heavy atom. The van der Waals surface area contributed by atoms with Crippen molar-refractivity contribution in [2.75, 3.05) is 13.2 Å². The van der Waals surface area contributed by atoms with Gasteiger partial charge < -0.3 is 45.1 Å². The lowest BCUT2D eigenvalue weighted by Gasteiger charge is -2.41. The first-order valence-electron chi connectivity index (χ1n) is 31.1. The highest BCUT2D eigenvalue weighted by Crippen LogP contribution is 2.26. The number of rotatable bonds is 52. The van der Waals surface area contributed by atoms with E-state index in [1.165, 1.54) is 135 Å². The standard InChI is InChI=1S/C64H115NO10/c1-4-7-10-13-16-19-22-25-27-28-29-30-31-34-37-40-43-46-49-52-59(69)75-62-61(71)60(70)58(53-66)74-64(62)73-54-55(56(67)50-47-44-41-38-35-32-24-21-18-15-12-9-6-3)65-63(72)57(68)51-48-45-42-39-36-33-26-23-20-17-14-11-8-5-2/h16-17,19-20,23,25-27,47,50,55-58,60-62,64,66-68,70-71H,4-15,18,21-22,24,28-46,48-49,51-54H2,1-3H3,(H,65,72)/b19-16-,20-17+,26-23+,27-25-,50-47+. The summed E-state index contributed by atoms with van der Waals surface area (Å²) in [5, 5.41) is 57.0. The average Bonchev–Trinajstić information content (AvgIpc) is 3.41. The van der Waals surface area contributed by atoms with Crippen LogP contribution in [0.25, 0.3) is 0 Å². The molecular weight excluding hydrogens is 943 g/mol. The number of carbonyl (C=O) groups excluding carboxylic acids is 2. The van der Waals surface area contributed by atoms with Gasteiger partial charge in [-0.3, -0.25) is 9.59 Å². The predicted molar refractivity (Wildman–Crippen MR) is 310 cm³/mol. The first kappa shape index (κ1) is 70.4. The molecule has 0 aromatic rings. The van der Waals surface area contributed by atoms with Gasteiger partial charge in [0.1, 0.15) is 24.4 Å². The topological polar surface area (TPSA) is 175 Å². The van der Waals surface area contributed by atoms with E-state index in [1.54, 1.807) is 6.08 Å². The van der Waals surface area contributed by atoms with Crippen LogP contribution in [0.1, 0.15) is 271 Å². The van der Waals surface area contributed by atoms with E-state index in [9.17, 15) is 35.1 Å². The van der Waals surface area contributed by atoms with Crippen molar-refractivity contribution in [3.05, 3.63) is 60.8 Å². The SMILES string of the molecule is CCCCC/C=C\C/C=C\CCCCCCCCCCCC(=O)OC1C(OCC(NC(=O)C(O)CCCCCCC/C=C/C=C/CCCCC)C(O)/C=C/CCCCCCCCCCCCC)OC(CO)C(O)C1O. The number of nitrogens with one attached hydrogen (secondary N) is 1. The summed E-state index contributed by atoms with van der Waals surface area (Å²) in [4.78, 5) is 26.5. The molecule has 6 N–H and O–H groups in total. The van der Waals surface area contributed by atoms with E-state index in [-0.39, 0.29) is 19.4 Å². The van der Waals surface area contributed by atoms with Crippen LogP contribution in [0.3, 0.4) is 0 Å². The molecule has 75 heavy (non-hydrogen) atoms. The van der Waals surface area contributed by atoms with Crippen molar-refractivity contribution in [3.8, 4) is 0 Å². The maximum absolute atomic E-state index is 13.4. The Morgan fingerprint density at radius 3 is 1.47 bits per heavy atom. The summed E-state index contributed by atoms with van der Waals surface area (Å²) in [6, 6.07) is -1.03. The van der Waals surface area contributed by atoms with Crippen LogP contribution in [-0.4, -0.2) is 99.6 Å². The van der Waals surface area contributed by atoms with E-state index in [0.717, 1.165) is 89.9 Å². The van der Waals surface area contributed by atoms with E-state index < -0.39 is 67.4 Å². The third-order valence-corrected chi connectivity index (χ3v) is 14.4. The number of hydrogen-bond acceptors (Lipinski definition) is 10. The zero-order valence-electron chi connectivity index (χ0n) is 48.2. The van der Waals surface area contributed by atoms with Gasteiger partial charge in [0.05, 0.1) is 25.4 Å². The highest BCUT2D eigenvalue weighted by atomic mass is 16.7. The number of hydrogen-bond donors (Lipinski definition) is 6. The van der Waals surface area contributed by atoms with Gasteiger partial charge in [-0.2, -0.15) is 0 Å². The van der Waals surface area contributed by atoms with Crippen LogP contribution in [0, 0.1) is 0 Å². The maximum Gasteiger partial charge on any atom is 0.306 e. The lowest BCUT2D eigenvalue weighted by atomic mass is 9.99. The van der Waals surface area contributed by atoms with Crippen molar-refractivity contribution in [3.63, 3.8) is 0 Å². The lowest BCUT2D eigenvalue weighted by Crippen LogP contribution is -2.61. The lowest BCUT2D eigenvalue weighted by molar-refractivity contribution is -0.305. The molecule has 0 radical (unpaired) electrons. The number of aliphatic hydroxyl groups is 5. The Hall–Kier alpha value is -2.64. The molecular formula is C64H115NO10. The van der Waals surface area contributed by atoms with Gasteiger partial charge in [-0.15, -0.1) is 0 Å². The second kappa shape index (κ2) is 52.1. The van der Waals surface area contributed by atoms with E-state index in [1.807, 2.05) is 6.08 Å². The van der Waals surface area contributed by atoms with Crippen LogP contribution in [0.5, 0.6) is 0 Å². The first-order valence-corrected chi connectivity index (χ1v) is 31.1. The number of aliphatic hydroxyl groups excluding tert-OH is 5. The summed E-state index contributed by atoms with van der Waals surface area (Å²) >= 11 is 0. The summed E-state index contributed by atoms with van der Waals surface area (Å²) in [5.74, 6) is -1.21. The molecule has 1 aliphatic heterocycles. The molecule has 1 aliphatic rings. The normalized spacial score (nSPS) is 19.6. The first-order chi connectivity index (χ1) is 36.7. The van der Waals surface area contributed by atoms with Crippen molar-refractivity contribution in [2.45, 2.75) is 320 Å². The Labute approximate surface area is 458 Å². The van der Waals surface area contributed by atoms with Crippen molar-refractivity contribution in [1.82, 2.24) is 5.32 Å². The van der Waals surface area contributed by atoms with Crippen molar-refractivity contribution in [2.24, 2.45) is 0 Å². The van der Waals surface area contributed by atoms with Gasteiger partial charge in [0.15, 0.2) is 12.4 Å². The minimum Gasteiger partial charge on any atom is -0.454 e. The Kier molecular flexibility index (Phi) is 48.9. The minimum atomic E-state index is -1.62. The molecule has 11 heteroatoms. The van der Waals surface area contributed by atoms with Crippen LogP contribution in [-0.2, 0) is 23.8 Å². The molecule has 0 aromatic carbocycles. The Bertz CT molecular complexity index is 1450. The number of allylic oxidation sites excluding steroid dienone is 9. The molecule has 1 fully saturated rings. The van der Waals surface area contributed by atoms with Crippen LogP contribution in [0.2, 0.25) is 0 Å². The minimum absolute atomic E-state index is 0.116. The second-order valence-electron chi connectivity index (χ2n) is 21.5. The summed E-state index contributed by atoms with van der Waals surface area (Å²) in [5.41, 5.74) is 0. The van der Waals surface area contributed by atoms with Crippen molar-refractivity contribution >= 4 is 11.9 Å². The van der Waals surface area contributed by atoms with Gasteiger partial charge in [0.2, 0.25) is 5.91 Å². The summed E-state index contributed by atoms with van der Waals surface area (Å²) in [7, 11) is 0. The predicted octanol–water partition coefficient (Wildman–Crippen LogP) is 14.6. The smallest absolute Gasteiger partial charge is 0.306 e. The molecule has 1 rings (SSSR count). The Balaban J connectivity index is 2.69. The fourth-order valence-corrected chi connectivity index (χ4v) is 9.44. The summed E-state index contributed by atoms with van der Waals surface area (Å²) < 4.78 is 17.6. The maximum atomic E-state index is 13.4. The molecule has 8 atom stereocenters. The number of unbranched alkanes of at least 4 members (excludes halogenated alkanes) is 31. The van der Waals surface area contributed by atoms with Crippen molar-refractivity contribution in [1.29, 1.82) is 0 Å². The van der Waals surface area contributed by atoms with Gasteiger partial charge in [-0.05, 0) is 83.5 Å². The monoisotopic (exact) mass is 1060 g/mol. The van der Waals surface area contributed by atoms with Crippen LogP contribution >= 0.6 is 0 Å². The second-order valence-corrected chi connectivity index (χ2v) is 21.5. The van der Waals surface area contributed by atoms with Crippen molar-refractivity contribution < 1.29 is 49.3 Å². The molecule has 0 aromatic heterocycles. The highest BCUT2D eigenvalue weighted by molar-refractivity contribution is 5.80. The molecule has 0 spiro atoms. The average molecular weight is 1060 g/mol. The quantitative estimate of drug-likeness (QED) is 0.0149. The summed E-state index contributed by atoms with van der Waals surface area (Å²) in [6.07, 6.45) is 53.9. The molecule has 11 nitrogen and oxygen atoms in total. The van der Waals surface area contributed by atoms with E-state index in [0.29, 0.717) is 12.8 Å². The third-order valence-electron chi connectivity index (χ3n) is 14.4. The largest absolute Gasteiger partial charge is 0.454 e. The molecule has 0 saturated carbocycles. The molecule has 1 heterocycles. The fraction of sp³-hybridized carbons (Fsp3) is 0.812. The van der Waals surface area contributed by atoms with Gasteiger partial charge in [-0.25, -0.2) is 0 Å². The molecule has 1 amide bonds. The van der Waals surface area contributed by atoms with Crippen LogP contribution in [0.4, 0.5) is 0 Å². The molecule has 436 valence electrons. The van der Waals surface area contributed by atoms with Gasteiger partial charge in [0.25, 0.3) is 0 Å². The number of carbonyl (C=O) groups is 2. The molecule has 0 bridgehead atoms. The number of esters is 1. The van der Waals surface area contributed by atoms with Crippen LogP contribution in [0.15, 0.2) is 60.8 Å². The zero-order valence-corrected chi connectivity index (χ0v) is 48.2. The third kappa shape index (κ3) is 40.2. The molecule has 0 aliphatic carbocycles. The number of amides is 1. The highest BCUT2D eigenvalue weighted by Gasteiger charge is 2.47. The van der Waals surface area contributed by atoms with E-state index >= 15 is 0 Å².